The van der Waals surface area contributed by atoms with Crippen molar-refractivity contribution in [3.63, 3.8) is 0 Å². The molecule has 0 radical (unpaired) electrons. The second-order valence-corrected chi connectivity index (χ2v) is 7.57. The van der Waals surface area contributed by atoms with E-state index in [1.165, 1.54) is 27.4 Å². The standard InChI is InChI=1S/C11H15N2O5P/c1-6-9(18-2)8(13(15)16)5-7(11(12)14)10(6)19(3,4)17/h5H,1-4H3,(H2,12,14). The Kier molecular flexibility index (Phi) is 4.00. The summed E-state index contributed by atoms with van der Waals surface area (Å²) in [5, 5.41) is 11.2. The van der Waals surface area contributed by atoms with Gasteiger partial charge in [-0.15, -0.1) is 0 Å². The van der Waals surface area contributed by atoms with E-state index in [1.807, 2.05) is 0 Å². The maximum atomic E-state index is 12.3. The molecule has 1 aromatic rings. The maximum Gasteiger partial charge on any atom is 0.312 e. The summed E-state index contributed by atoms with van der Waals surface area (Å²) >= 11 is 0. The topological polar surface area (TPSA) is 113 Å². The van der Waals surface area contributed by atoms with Gasteiger partial charge in [-0.1, -0.05) is 0 Å². The summed E-state index contributed by atoms with van der Waals surface area (Å²) in [5.41, 5.74) is 5.05. The number of nitrogens with zero attached hydrogens (tertiary/aromatic N) is 1. The number of rotatable bonds is 4. The van der Waals surface area contributed by atoms with E-state index in [-0.39, 0.29) is 22.3 Å². The second kappa shape index (κ2) is 5.01. The third-order valence-electron chi connectivity index (χ3n) is 2.67. The average Bonchev–Trinajstić information content (AvgIpc) is 2.25. The largest absolute Gasteiger partial charge is 0.490 e. The zero-order valence-electron chi connectivity index (χ0n) is 11.1. The molecule has 0 unspecified atom stereocenters. The van der Waals surface area contributed by atoms with Gasteiger partial charge in [-0.05, 0) is 20.3 Å². The van der Waals surface area contributed by atoms with E-state index in [0.29, 0.717) is 5.56 Å². The van der Waals surface area contributed by atoms with Gasteiger partial charge in [-0.2, -0.15) is 0 Å². The smallest absolute Gasteiger partial charge is 0.312 e. The first kappa shape index (κ1) is 15.2. The van der Waals surface area contributed by atoms with Crippen LogP contribution in [0.15, 0.2) is 6.07 Å². The molecule has 2 N–H and O–H groups in total. The van der Waals surface area contributed by atoms with Crippen LogP contribution in [0.1, 0.15) is 15.9 Å². The molecular weight excluding hydrogens is 271 g/mol. The Balaban J connectivity index is 3.88. The van der Waals surface area contributed by atoms with Gasteiger partial charge in [0.05, 0.1) is 17.6 Å². The van der Waals surface area contributed by atoms with Gasteiger partial charge in [-0.25, -0.2) is 0 Å². The van der Waals surface area contributed by atoms with Crippen LogP contribution in [0.3, 0.4) is 0 Å². The zero-order chi connectivity index (χ0) is 15.0. The molecule has 0 spiro atoms. The third kappa shape index (κ3) is 2.76. The van der Waals surface area contributed by atoms with Crippen molar-refractivity contribution in [2.45, 2.75) is 6.92 Å². The summed E-state index contributed by atoms with van der Waals surface area (Å²) in [7, 11) is -1.56. The first-order valence-electron chi connectivity index (χ1n) is 5.32. The van der Waals surface area contributed by atoms with Crippen molar-refractivity contribution in [2.24, 2.45) is 5.73 Å². The highest BCUT2D eigenvalue weighted by atomic mass is 31.2. The van der Waals surface area contributed by atoms with Crippen LogP contribution < -0.4 is 15.8 Å². The van der Waals surface area contributed by atoms with Crippen LogP contribution >= 0.6 is 7.14 Å². The number of nitrogens with two attached hydrogens (primary N) is 1. The Morgan fingerprint density at radius 3 is 2.32 bits per heavy atom. The van der Waals surface area contributed by atoms with E-state index in [4.69, 9.17) is 10.5 Å². The van der Waals surface area contributed by atoms with E-state index in [9.17, 15) is 19.5 Å². The third-order valence-corrected chi connectivity index (χ3v) is 4.32. The van der Waals surface area contributed by atoms with E-state index >= 15 is 0 Å². The molecule has 0 bridgehead atoms. The van der Waals surface area contributed by atoms with Gasteiger partial charge in [0.15, 0.2) is 0 Å². The fourth-order valence-electron chi connectivity index (χ4n) is 2.05. The molecule has 0 aliphatic carbocycles. The minimum absolute atomic E-state index is 0.00562. The summed E-state index contributed by atoms with van der Waals surface area (Å²) in [6.07, 6.45) is 0. The van der Waals surface area contributed by atoms with E-state index in [0.717, 1.165) is 6.07 Å². The molecule has 7 nitrogen and oxygen atoms in total. The van der Waals surface area contributed by atoms with E-state index < -0.39 is 18.0 Å². The second-order valence-electron chi connectivity index (χ2n) is 4.42. The van der Waals surface area contributed by atoms with Crippen molar-refractivity contribution in [3.05, 3.63) is 27.3 Å². The van der Waals surface area contributed by atoms with Gasteiger partial charge in [-0.3, -0.25) is 14.9 Å². The zero-order valence-corrected chi connectivity index (χ0v) is 12.0. The van der Waals surface area contributed by atoms with Crippen molar-refractivity contribution < 1.29 is 19.0 Å². The molecule has 0 aliphatic rings. The fourth-order valence-corrected chi connectivity index (χ4v) is 3.71. The molecule has 0 atom stereocenters. The predicted octanol–water partition coefficient (Wildman–Crippen LogP) is 1.26. The van der Waals surface area contributed by atoms with E-state index in [2.05, 4.69) is 0 Å². The molecule has 0 fully saturated rings. The first-order valence-corrected chi connectivity index (χ1v) is 7.92. The van der Waals surface area contributed by atoms with Crippen molar-refractivity contribution in [2.75, 3.05) is 20.4 Å². The lowest BCUT2D eigenvalue weighted by Gasteiger charge is -2.17. The minimum Gasteiger partial charge on any atom is -0.490 e. The van der Waals surface area contributed by atoms with Gasteiger partial charge in [0.1, 0.15) is 7.14 Å². The summed E-state index contributed by atoms with van der Waals surface area (Å²) < 4.78 is 17.3. The van der Waals surface area contributed by atoms with Gasteiger partial charge in [0.2, 0.25) is 11.7 Å². The molecule has 0 heterocycles. The highest BCUT2D eigenvalue weighted by Crippen LogP contribution is 2.42. The molecule has 19 heavy (non-hydrogen) atoms. The summed E-state index contributed by atoms with van der Waals surface area (Å²) in [5.74, 6) is -0.860. The highest BCUT2D eigenvalue weighted by molar-refractivity contribution is 7.70. The number of hydrogen-bond donors (Lipinski definition) is 1. The van der Waals surface area contributed by atoms with E-state index in [1.54, 1.807) is 0 Å². The van der Waals surface area contributed by atoms with Gasteiger partial charge >= 0.3 is 5.69 Å². The van der Waals surface area contributed by atoms with Crippen LogP contribution in [-0.2, 0) is 4.57 Å². The van der Waals surface area contributed by atoms with Gasteiger partial charge in [0.25, 0.3) is 0 Å². The number of carbonyl (C=O) groups is 1. The molecule has 0 aliphatic heterocycles. The number of hydrogen-bond acceptors (Lipinski definition) is 5. The molecule has 8 heteroatoms. The summed E-state index contributed by atoms with van der Waals surface area (Å²) in [6, 6.07) is 1.02. The van der Waals surface area contributed by atoms with Crippen LogP contribution in [0.2, 0.25) is 0 Å². The predicted molar refractivity (Wildman–Crippen MR) is 72.0 cm³/mol. The van der Waals surface area contributed by atoms with Crippen molar-refractivity contribution in [3.8, 4) is 5.75 Å². The van der Waals surface area contributed by atoms with Gasteiger partial charge in [0, 0.05) is 16.9 Å². The number of nitro benzene ring substituents is 1. The van der Waals surface area contributed by atoms with Crippen LogP contribution in [0.25, 0.3) is 0 Å². The Morgan fingerprint density at radius 2 is 2.00 bits per heavy atom. The number of carbonyl (C=O) groups excluding carboxylic acids is 1. The number of amides is 1. The lowest BCUT2D eigenvalue weighted by atomic mass is 10.1. The monoisotopic (exact) mass is 286 g/mol. The van der Waals surface area contributed by atoms with Crippen molar-refractivity contribution in [1.82, 2.24) is 0 Å². The summed E-state index contributed by atoms with van der Waals surface area (Å²) in [6.45, 7) is 4.45. The molecule has 1 amide bonds. The summed E-state index contributed by atoms with van der Waals surface area (Å²) in [4.78, 5) is 21.7. The van der Waals surface area contributed by atoms with Crippen LogP contribution in [-0.4, -0.2) is 31.3 Å². The maximum absolute atomic E-state index is 12.3. The number of nitro groups is 1. The van der Waals surface area contributed by atoms with Crippen LogP contribution in [0.5, 0.6) is 5.75 Å². The normalized spacial score (nSPS) is 11.2. The van der Waals surface area contributed by atoms with Crippen LogP contribution in [0.4, 0.5) is 5.69 Å². The average molecular weight is 286 g/mol. The lowest BCUT2D eigenvalue weighted by molar-refractivity contribution is -0.385. The Morgan fingerprint density at radius 1 is 1.47 bits per heavy atom. The molecule has 0 saturated carbocycles. The van der Waals surface area contributed by atoms with Gasteiger partial charge < -0.3 is 15.0 Å². The number of ether oxygens (including phenoxy) is 1. The minimum atomic E-state index is -2.84. The Hall–Kier alpha value is -1.88. The van der Waals surface area contributed by atoms with Crippen molar-refractivity contribution >= 4 is 24.0 Å². The number of methoxy groups -OCH3 is 1. The fraction of sp³-hybridized carbons (Fsp3) is 0.364. The number of primary amides is 1. The highest BCUT2D eigenvalue weighted by Gasteiger charge is 2.30. The van der Waals surface area contributed by atoms with Crippen LogP contribution in [0, 0.1) is 17.0 Å². The molecule has 104 valence electrons. The quantitative estimate of drug-likeness (QED) is 0.508. The molecular formula is C11H15N2O5P. The Bertz CT molecular complexity index is 606. The number of benzene rings is 1. The van der Waals surface area contributed by atoms with Crippen molar-refractivity contribution in [1.29, 1.82) is 0 Å². The lowest BCUT2D eigenvalue weighted by Crippen LogP contribution is -2.25. The SMILES string of the molecule is COc1c([N+](=O)[O-])cc(C(N)=O)c(P(C)(C)=O)c1C. The first-order chi connectivity index (χ1) is 8.61. The molecule has 1 rings (SSSR count). The molecule has 0 aromatic heterocycles. The molecule has 1 aromatic carbocycles. The Labute approximate surface area is 110 Å². The molecule has 0 saturated heterocycles.